The van der Waals surface area contributed by atoms with Crippen molar-refractivity contribution in [1.82, 2.24) is 14.7 Å². The van der Waals surface area contributed by atoms with Crippen molar-refractivity contribution in [3.63, 3.8) is 0 Å². The average Bonchev–Trinajstić information content (AvgIpc) is 3.36. The van der Waals surface area contributed by atoms with Crippen LogP contribution in [0.15, 0.2) is 30.5 Å². The van der Waals surface area contributed by atoms with Gasteiger partial charge in [-0.1, -0.05) is 12.1 Å². The molecule has 0 bridgehead atoms. The summed E-state index contributed by atoms with van der Waals surface area (Å²) in [6.45, 7) is 3.94. The molecule has 7 nitrogen and oxygen atoms in total. The van der Waals surface area contributed by atoms with E-state index in [0.717, 1.165) is 40.9 Å². The number of hydrogen-bond acceptors (Lipinski definition) is 4. The van der Waals surface area contributed by atoms with Gasteiger partial charge in [-0.3, -0.25) is 14.3 Å². The lowest BCUT2D eigenvalue weighted by Crippen LogP contribution is -2.43. The van der Waals surface area contributed by atoms with Crippen LogP contribution in [-0.4, -0.2) is 52.3 Å². The van der Waals surface area contributed by atoms with E-state index in [2.05, 4.69) is 10.4 Å². The van der Waals surface area contributed by atoms with E-state index < -0.39 is 30.2 Å². The van der Waals surface area contributed by atoms with Crippen LogP contribution in [0.1, 0.15) is 29.7 Å². The minimum absolute atomic E-state index is 0.187. The van der Waals surface area contributed by atoms with Gasteiger partial charge in [-0.25, -0.2) is 0 Å². The van der Waals surface area contributed by atoms with Crippen molar-refractivity contribution in [2.45, 2.75) is 45.5 Å². The summed E-state index contributed by atoms with van der Waals surface area (Å²) in [5.41, 5.74) is 1.52. The molecule has 1 fully saturated rings. The number of carbonyl (C=O) groups excluding carboxylic acids is 2. The Labute approximate surface area is 178 Å². The maximum Gasteiger partial charge on any atom is 0.435 e. The molecule has 1 N–H and O–H groups in total. The third-order valence-electron chi connectivity index (χ3n) is 5.24. The van der Waals surface area contributed by atoms with Crippen LogP contribution in [0, 0.1) is 13.8 Å². The predicted octanol–water partition coefficient (Wildman–Crippen LogP) is 3.17. The first-order valence-corrected chi connectivity index (χ1v) is 9.99. The number of nitrogens with zero attached hydrogens (tertiary/aromatic N) is 3. The number of halogens is 3. The Kier molecular flexibility index (Phi) is 6.99. The summed E-state index contributed by atoms with van der Waals surface area (Å²) in [4.78, 5) is 26.8. The van der Waals surface area contributed by atoms with Crippen LogP contribution in [0.5, 0.6) is 0 Å². The molecule has 1 aliphatic heterocycles. The van der Waals surface area contributed by atoms with E-state index in [1.54, 1.807) is 6.07 Å². The van der Waals surface area contributed by atoms with Gasteiger partial charge in [0.15, 0.2) is 5.69 Å². The van der Waals surface area contributed by atoms with Gasteiger partial charge >= 0.3 is 6.18 Å². The number of benzene rings is 1. The second kappa shape index (κ2) is 9.51. The number of aryl methyl sites for hydroxylation is 1. The molecular formula is C21H25F3N4O3. The summed E-state index contributed by atoms with van der Waals surface area (Å²) in [6, 6.07) is 6.33. The fourth-order valence-corrected chi connectivity index (χ4v) is 3.38. The minimum atomic E-state index is -4.59. The van der Waals surface area contributed by atoms with E-state index >= 15 is 0 Å². The highest BCUT2D eigenvalue weighted by atomic mass is 19.4. The highest BCUT2D eigenvalue weighted by Gasteiger charge is 2.34. The van der Waals surface area contributed by atoms with Crippen molar-refractivity contribution in [2.75, 3.05) is 25.0 Å². The number of alkyl halides is 3. The molecule has 1 atom stereocenters. The van der Waals surface area contributed by atoms with Gasteiger partial charge in [-0.2, -0.15) is 18.3 Å². The normalized spacial score (nSPS) is 16.4. The number of hydrogen-bond donors (Lipinski definition) is 1. The molecule has 31 heavy (non-hydrogen) atoms. The number of anilines is 1. The second-order valence-electron chi connectivity index (χ2n) is 7.60. The Bertz CT molecular complexity index is 936. The second-order valence-corrected chi connectivity index (χ2v) is 7.60. The zero-order chi connectivity index (χ0) is 22.6. The van der Waals surface area contributed by atoms with Gasteiger partial charge in [0.25, 0.3) is 0 Å². The van der Waals surface area contributed by atoms with E-state index in [-0.39, 0.29) is 19.2 Å². The lowest BCUT2D eigenvalue weighted by Gasteiger charge is -2.25. The predicted molar refractivity (Wildman–Crippen MR) is 107 cm³/mol. The Balaban J connectivity index is 1.69. The van der Waals surface area contributed by atoms with E-state index in [1.807, 2.05) is 26.0 Å². The summed E-state index contributed by atoms with van der Waals surface area (Å²) in [7, 11) is 0. The highest BCUT2D eigenvalue weighted by molar-refractivity contribution is 5.95. The fourth-order valence-electron chi connectivity index (χ4n) is 3.38. The van der Waals surface area contributed by atoms with E-state index in [9.17, 15) is 22.8 Å². The van der Waals surface area contributed by atoms with Crippen LogP contribution in [0.4, 0.5) is 18.9 Å². The van der Waals surface area contributed by atoms with Gasteiger partial charge in [0, 0.05) is 25.0 Å². The van der Waals surface area contributed by atoms with Crippen LogP contribution in [-0.2, 0) is 27.0 Å². The number of nitrogens with one attached hydrogen (secondary N) is 1. The summed E-state index contributed by atoms with van der Waals surface area (Å²) >= 11 is 0. The van der Waals surface area contributed by atoms with Gasteiger partial charge in [0.1, 0.15) is 13.1 Å². The topological polar surface area (TPSA) is 76.5 Å². The van der Waals surface area contributed by atoms with Gasteiger partial charge < -0.3 is 15.0 Å². The monoisotopic (exact) mass is 438 g/mol. The molecule has 1 aliphatic rings. The summed E-state index contributed by atoms with van der Waals surface area (Å²) < 4.78 is 44.8. The molecule has 1 unspecified atom stereocenters. The molecule has 1 aromatic heterocycles. The first-order valence-electron chi connectivity index (χ1n) is 9.99. The molecule has 0 spiro atoms. The number of ether oxygens (including phenoxy) is 1. The molecular weight excluding hydrogens is 413 g/mol. The zero-order valence-electron chi connectivity index (χ0n) is 17.4. The van der Waals surface area contributed by atoms with Crippen LogP contribution in [0.2, 0.25) is 0 Å². The van der Waals surface area contributed by atoms with Crippen molar-refractivity contribution < 1.29 is 27.5 Å². The van der Waals surface area contributed by atoms with Crippen molar-refractivity contribution in [2.24, 2.45) is 0 Å². The smallest absolute Gasteiger partial charge is 0.376 e. The van der Waals surface area contributed by atoms with Crippen LogP contribution in [0.3, 0.4) is 0 Å². The van der Waals surface area contributed by atoms with Crippen LogP contribution < -0.4 is 5.32 Å². The van der Waals surface area contributed by atoms with Gasteiger partial charge in [0.2, 0.25) is 11.8 Å². The zero-order valence-corrected chi connectivity index (χ0v) is 17.4. The summed E-state index contributed by atoms with van der Waals surface area (Å²) in [5, 5.41) is 6.22. The van der Waals surface area contributed by atoms with Gasteiger partial charge in [-0.15, -0.1) is 0 Å². The highest BCUT2D eigenvalue weighted by Crippen LogP contribution is 2.27. The molecule has 3 rings (SSSR count). The summed E-state index contributed by atoms with van der Waals surface area (Å²) in [5.74, 6) is -0.903. The minimum Gasteiger partial charge on any atom is -0.376 e. The fraction of sp³-hybridized carbons (Fsp3) is 0.476. The van der Waals surface area contributed by atoms with Gasteiger partial charge in [-0.05, 0) is 49.9 Å². The van der Waals surface area contributed by atoms with E-state index in [0.29, 0.717) is 12.3 Å². The number of rotatable bonds is 7. The molecule has 1 saturated heterocycles. The molecule has 10 heteroatoms. The Hall–Kier alpha value is -2.88. The molecule has 2 aromatic rings. The molecule has 2 amide bonds. The van der Waals surface area contributed by atoms with Crippen molar-refractivity contribution in [1.29, 1.82) is 0 Å². The number of amides is 2. The maximum absolute atomic E-state index is 12.8. The quantitative estimate of drug-likeness (QED) is 0.721. The third kappa shape index (κ3) is 6.06. The van der Waals surface area contributed by atoms with Crippen molar-refractivity contribution in [3.8, 4) is 0 Å². The summed E-state index contributed by atoms with van der Waals surface area (Å²) in [6.07, 6.45) is -2.09. The van der Waals surface area contributed by atoms with Crippen molar-refractivity contribution in [3.05, 3.63) is 47.3 Å². The van der Waals surface area contributed by atoms with Crippen LogP contribution >= 0.6 is 0 Å². The standard InChI is InChI=1S/C21H25F3N4O3/c1-14-5-3-7-17(15(14)2)25-19(29)12-27(11-16-6-4-10-31-16)20(30)13-28-9-8-18(26-28)21(22,23)24/h3,5,7-9,16H,4,6,10-13H2,1-2H3,(H,25,29). The van der Waals surface area contributed by atoms with E-state index in [4.69, 9.17) is 4.74 Å². The van der Waals surface area contributed by atoms with E-state index in [1.165, 1.54) is 4.90 Å². The SMILES string of the molecule is Cc1cccc(NC(=O)CN(CC2CCCO2)C(=O)Cn2ccc(C(F)(F)F)n2)c1C. The molecule has 1 aromatic carbocycles. The molecule has 0 aliphatic carbocycles. The third-order valence-corrected chi connectivity index (χ3v) is 5.24. The molecule has 2 heterocycles. The van der Waals surface area contributed by atoms with Gasteiger partial charge in [0.05, 0.1) is 6.10 Å². The average molecular weight is 438 g/mol. The Morgan fingerprint density at radius 3 is 2.71 bits per heavy atom. The lowest BCUT2D eigenvalue weighted by atomic mass is 10.1. The van der Waals surface area contributed by atoms with Crippen molar-refractivity contribution >= 4 is 17.5 Å². The number of carbonyl (C=O) groups is 2. The molecule has 0 radical (unpaired) electrons. The molecule has 0 saturated carbocycles. The molecule has 168 valence electrons. The Morgan fingerprint density at radius 2 is 2.06 bits per heavy atom. The number of aromatic nitrogens is 2. The first kappa shape index (κ1) is 22.8. The van der Waals surface area contributed by atoms with Crippen LogP contribution in [0.25, 0.3) is 0 Å². The largest absolute Gasteiger partial charge is 0.435 e. The maximum atomic E-state index is 12.8. The lowest BCUT2D eigenvalue weighted by molar-refractivity contribution is -0.142. The Morgan fingerprint density at radius 1 is 1.29 bits per heavy atom. The first-order chi connectivity index (χ1) is 14.6.